The molecule has 0 aliphatic heterocycles. The van der Waals surface area contributed by atoms with Gasteiger partial charge in [0.1, 0.15) is 21.3 Å². The van der Waals surface area contributed by atoms with Crippen molar-refractivity contribution in [2.45, 2.75) is 27.7 Å². The molecule has 2 aromatic heterocycles. The molecule has 0 amide bonds. The van der Waals surface area contributed by atoms with Gasteiger partial charge >= 0.3 is 5.97 Å². The number of benzene rings is 1. The van der Waals surface area contributed by atoms with Gasteiger partial charge in [-0.1, -0.05) is 13.8 Å². The van der Waals surface area contributed by atoms with Gasteiger partial charge in [-0.05, 0) is 48.4 Å². The summed E-state index contributed by atoms with van der Waals surface area (Å²) in [6.45, 7) is 8.20. The van der Waals surface area contributed by atoms with Gasteiger partial charge in [-0.25, -0.2) is 9.78 Å². The summed E-state index contributed by atoms with van der Waals surface area (Å²) in [5.74, 6) is 0.680. The van der Waals surface area contributed by atoms with E-state index in [1.54, 1.807) is 18.5 Å². The summed E-state index contributed by atoms with van der Waals surface area (Å²) in [5.41, 5.74) is 1.97. The van der Waals surface area contributed by atoms with Crippen LogP contribution in [0.2, 0.25) is 0 Å². The van der Waals surface area contributed by atoms with Gasteiger partial charge in [0.2, 0.25) is 0 Å². The number of thiazole rings is 1. The van der Waals surface area contributed by atoms with Gasteiger partial charge in [0, 0.05) is 5.56 Å². The Morgan fingerprint density at radius 3 is 2.69 bits per heavy atom. The minimum Gasteiger partial charge on any atom is -0.491 e. The summed E-state index contributed by atoms with van der Waals surface area (Å²) < 4.78 is 7.50. The highest BCUT2D eigenvalue weighted by molar-refractivity contribution is 7.17. The minimum absolute atomic E-state index is 0.236. The minimum atomic E-state index is -0.973. The molecule has 0 radical (unpaired) electrons. The molecule has 1 N–H and O–H groups in total. The summed E-state index contributed by atoms with van der Waals surface area (Å²) in [5, 5.41) is 21.5. The second-order valence-corrected chi connectivity index (χ2v) is 7.26. The van der Waals surface area contributed by atoms with E-state index in [1.165, 1.54) is 0 Å². The monoisotopic (exact) mass is 373 g/mol. The van der Waals surface area contributed by atoms with E-state index in [1.807, 2.05) is 18.2 Å². The van der Waals surface area contributed by atoms with Crippen LogP contribution in [0.25, 0.3) is 16.3 Å². The van der Waals surface area contributed by atoms with Gasteiger partial charge < -0.3 is 9.84 Å². The van der Waals surface area contributed by atoms with Crippen molar-refractivity contribution in [3.8, 4) is 22.0 Å². The molecule has 0 unspecified atom stereocenters. The van der Waals surface area contributed by atoms with E-state index in [4.69, 9.17) is 4.74 Å². The first-order chi connectivity index (χ1) is 12.4. The molecule has 0 saturated carbocycles. The zero-order chi connectivity index (χ0) is 18.8. The topological polar surface area (TPSA) is 103 Å². The Balaban J connectivity index is 2.07. The Bertz CT molecular complexity index is 948. The second kappa shape index (κ2) is 7.20. The number of tetrazole rings is 1. The number of nitrogens with zero attached hydrogens (tertiary/aromatic N) is 5. The van der Waals surface area contributed by atoms with E-state index >= 15 is 0 Å². The van der Waals surface area contributed by atoms with Crippen molar-refractivity contribution in [1.29, 1.82) is 0 Å². The fraction of sp³-hybridized carbons (Fsp3) is 0.353. The van der Waals surface area contributed by atoms with E-state index in [0.29, 0.717) is 40.5 Å². The first kappa shape index (κ1) is 18.0. The molecule has 0 saturated heterocycles. The summed E-state index contributed by atoms with van der Waals surface area (Å²) in [7, 11) is 0. The smallest absolute Gasteiger partial charge is 0.347 e. The van der Waals surface area contributed by atoms with Crippen LogP contribution in [0.1, 0.15) is 35.0 Å². The molecule has 0 spiro atoms. The van der Waals surface area contributed by atoms with Crippen LogP contribution in [-0.4, -0.2) is 42.9 Å². The Morgan fingerprint density at radius 2 is 2.12 bits per heavy atom. The zero-order valence-corrected chi connectivity index (χ0v) is 15.7. The van der Waals surface area contributed by atoms with Gasteiger partial charge in [-0.15, -0.1) is 16.4 Å². The maximum Gasteiger partial charge on any atom is 0.347 e. The van der Waals surface area contributed by atoms with Gasteiger partial charge in [0.25, 0.3) is 0 Å². The third kappa shape index (κ3) is 3.57. The number of hydrogen-bond donors (Lipinski definition) is 1. The maximum atomic E-state index is 11.3. The summed E-state index contributed by atoms with van der Waals surface area (Å²) in [6, 6.07) is 5.57. The molecule has 3 rings (SSSR count). The van der Waals surface area contributed by atoms with E-state index < -0.39 is 5.97 Å². The van der Waals surface area contributed by atoms with Crippen molar-refractivity contribution >= 4 is 17.3 Å². The maximum absolute atomic E-state index is 11.3. The van der Waals surface area contributed by atoms with Crippen LogP contribution in [-0.2, 0) is 0 Å². The summed E-state index contributed by atoms with van der Waals surface area (Å²) in [6.07, 6.45) is 0. The van der Waals surface area contributed by atoms with Crippen molar-refractivity contribution < 1.29 is 14.6 Å². The van der Waals surface area contributed by atoms with Crippen molar-refractivity contribution in [3.05, 3.63) is 34.6 Å². The predicted molar refractivity (Wildman–Crippen MR) is 97.0 cm³/mol. The molecule has 2 heterocycles. The standard InChI is InChI=1S/C17H19N5O3S/c1-9(2)8-25-14-6-5-12(7-13(14)22-11(4)19-20-21-22)16-18-10(3)15(26-16)17(23)24/h5-7,9H,8H2,1-4H3,(H,23,24). The molecular weight excluding hydrogens is 354 g/mol. The van der Waals surface area contributed by atoms with Gasteiger partial charge in [0.05, 0.1) is 12.3 Å². The van der Waals surface area contributed by atoms with Crippen molar-refractivity contribution in [3.63, 3.8) is 0 Å². The number of carboxylic acid groups (broad SMARTS) is 1. The SMILES string of the molecule is Cc1nc(-c2ccc(OCC(C)C)c(-n3nnnc3C)c2)sc1C(=O)O. The average molecular weight is 373 g/mol. The third-order valence-electron chi connectivity index (χ3n) is 3.62. The Hall–Kier alpha value is -2.81. The van der Waals surface area contributed by atoms with Crippen LogP contribution < -0.4 is 4.74 Å². The van der Waals surface area contributed by atoms with E-state index in [2.05, 4.69) is 34.4 Å². The number of carbonyl (C=O) groups is 1. The van der Waals surface area contributed by atoms with E-state index in [0.717, 1.165) is 16.9 Å². The van der Waals surface area contributed by atoms with Crippen molar-refractivity contribution in [2.24, 2.45) is 5.92 Å². The van der Waals surface area contributed by atoms with Crippen LogP contribution in [0.5, 0.6) is 5.75 Å². The molecule has 9 heteroatoms. The number of carboxylic acids is 1. The quantitative estimate of drug-likeness (QED) is 0.708. The van der Waals surface area contributed by atoms with Gasteiger partial charge in [-0.2, -0.15) is 4.68 Å². The molecule has 0 bridgehead atoms. The van der Waals surface area contributed by atoms with Crippen LogP contribution in [0.4, 0.5) is 0 Å². The number of aromatic nitrogens is 5. The lowest BCUT2D eigenvalue weighted by molar-refractivity contribution is 0.0701. The van der Waals surface area contributed by atoms with E-state index in [-0.39, 0.29) is 4.88 Å². The Kier molecular flexibility index (Phi) is 4.99. The largest absolute Gasteiger partial charge is 0.491 e. The lowest BCUT2D eigenvalue weighted by Crippen LogP contribution is -2.09. The first-order valence-electron chi connectivity index (χ1n) is 8.10. The fourth-order valence-electron chi connectivity index (χ4n) is 2.37. The number of rotatable bonds is 6. The second-order valence-electron chi connectivity index (χ2n) is 6.26. The third-order valence-corrected chi connectivity index (χ3v) is 4.82. The predicted octanol–water partition coefficient (Wildman–Crippen LogP) is 3.14. The number of hydrogen-bond acceptors (Lipinski definition) is 7. The fourth-order valence-corrected chi connectivity index (χ4v) is 3.27. The molecule has 8 nitrogen and oxygen atoms in total. The lowest BCUT2D eigenvalue weighted by atomic mass is 10.2. The summed E-state index contributed by atoms with van der Waals surface area (Å²) >= 11 is 1.14. The molecule has 136 valence electrons. The molecule has 3 aromatic rings. The van der Waals surface area contributed by atoms with Gasteiger partial charge in [0.15, 0.2) is 5.82 Å². The highest BCUT2D eigenvalue weighted by Crippen LogP contribution is 2.33. The zero-order valence-electron chi connectivity index (χ0n) is 14.9. The normalized spacial score (nSPS) is 11.1. The van der Waals surface area contributed by atoms with Crippen molar-refractivity contribution in [2.75, 3.05) is 6.61 Å². The van der Waals surface area contributed by atoms with Crippen LogP contribution in [0.15, 0.2) is 18.2 Å². The molecule has 0 aliphatic carbocycles. The van der Waals surface area contributed by atoms with E-state index in [9.17, 15) is 9.90 Å². The molecular formula is C17H19N5O3S. The highest BCUT2D eigenvalue weighted by Gasteiger charge is 2.18. The average Bonchev–Trinajstić information content (AvgIpc) is 3.18. The Labute approximate surface area is 154 Å². The number of aromatic carboxylic acids is 1. The van der Waals surface area contributed by atoms with Crippen LogP contribution in [0, 0.1) is 19.8 Å². The molecule has 0 atom stereocenters. The highest BCUT2D eigenvalue weighted by atomic mass is 32.1. The number of aryl methyl sites for hydroxylation is 2. The lowest BCUT2D eigenvalue weighted by Gasteiger charge is -2.14. The molecule has 0 aliphatic rings. The van der Waals surface area contributed by atoms with Gasteiger partial charge in [-0.3, -0.25) is 0 Å². The van der Waals surface area contributed by atoms with Crippen LogP contribution >= 0.6 is 11.3 Å². The molecule has 1 aromatic carbocycles. The number of ether oxygens (including phenoxy) is 1. The molecule has 0 fully saturated rings. The first-order valence-corrected chi connectivity index (χ1v) is 8.91. The van der Waals surface area contributed by atoms with Crippen LogP contribution in [0.3, 0.4) is 0 Å². The Morgan fingerprint density at radius 1 is 1.35 bits per heavy atom. The summed E-state index contributed by atoms with van der Waals surface area (Å²) in [4.78, 5) is 15.9. The molecule has 26 heavy (non-hydrogen) atoms. The van der Waals surface area contributed by atoms with Crippen molar-refractivity contribution in [1.82, 2.24) is 25.2 Å².